The van der Waals surface area contributed by atoms with Crippen LogP contribution in [0.2, 0.25) is 0 Å². The largest absolute Gasteiger partial charge is 0.466 e. The molecule has 1 saturated heterocycles. The topological polar surface area (TPSA) is 134 Å². The van der Waals surface area contributed by atoms with Gasteiger partial charge in [0, 0.05) is 30.6 Å². The SMILES string of the molecule is CCOC(=O)CCC1CCN(C(=O)[C@H](C)NC(=O)c2ccc(/C(N)=N/O)cc2)CC1. The van der Waals surface area contributed by atoms with E-state index in [1.165, 1.54) is 0 Å². The number of amides is 2. The van der Waals surface area contributed by atoms with Gasteiger partial charge in [-0.25, -0.2) is 0 Å². The average Bonchev–Trinajstić information content (AvgIpc) is 2.77. The van der Waals surface area contributed by atoms with Crippen molar-refractivity contribution in [3.05, 3.63) is 35.4 Å². The summed E-state index contributed by atoms with van der Waals surface area (Å²) in [5.74, 6) is -0.314. The number of oxime groups is 1. The number of rotatable bonds is 8. The van der Waals surface area contributed by atoms with E-state index in [0.717, 1.165) is 19.3 Å². The van der Waals surface area contributed by atoms with Crippen LogP contribution in [0.3, 0.4) is 0 Å². The Morgan fingerprint density at radius 1 is 1.23 bits per heavy atom. The second-order valence-electron chi connectivity index (χ2n) is 7.37. The highest BCUT2D eigenvalue weighted by atomic mass is 16.5. The number of ether oxygens (including phenoxy) is 1. The molecule has 1 atom stereocenters. The number of carbonyl (C=O) groups is 3. The molecule has 164 valence electrons. The quantitative estimate of drug-likeness (QED) is 0.192. The molecule has 1 aliphatic heterocycles. The van der Waals surface area contributed by atoms with Crippen molar-refractivity contribution in [3.63, 3.8) is 0 Å². The molecular weight excluding hydrogens is 388 g/mol. The average molecular weight is 418 g/mol. The minimum Gasteiger partial charge on any atom is -0.466 e. The van der Waals surface area contributed by atoms with Gasteiger partial charge >= 0.3 is 5.97 Å². The summed E-state index contributed by atoms with van der Waals surface area (Å²) in [6.07, 6.45) is 2.85. The molecule has 2 rings (SSSR count). The molecule has 2 amide bonds. The number of hydrogen-bond donors (Lipinski definition) is 3. The van der Waals surface area contributed by atoms with E-state index in [2.05, 4.69) is 10.5 Å². The van der Waals surface area contributed by atoms with Gasteiger partial charge in [-0.05, 0) is 51.2 Å². The van der Waals surface area contributed by atoms with E-state index < -0.39 is 6.04 Å². The zero-order valence-electron chi connectivity index (χ0n) is 17.5. The van der Waals surface area contributed by atoms with Crippen molar-refractivity contribution in [2.45, 2.75) is 45.6 Å². The molecule has 1 aliphatic rings. The van der Waals surface area contributed by atoms with Crippen molar-refractivity contribution in [2.75, 3.05) is 19.7 Å². The molecule has 0 bridgehead atoms. The van der Waals surface area contributed by atoms with Gasteiger partial charge in [0.05, 0.1) is 6.61 Å². The number of esters is 1. The van der Waals surface area contributed by atoms with E-state index in [4.69, 9.17) is 15.7 Å². The van der Waals surface area contributed by atoms with E-state index >= 15 is 0 Å². The summed E-state index contributed by atoms with van der Waals surface area (Å²) in [5, 5.41) is 14.3. The first-order valence-corrected chi connectivity index (χ1v) is 10.2. The van der Waals surface area contributed by atoms with Crippen LogP contribution in [0.5, 0.6) is 0 Å². The molecule has 0 spiro atoms. The molecule has 1 fully saturated rings. The number of nitrogens with zero attached hydrogens (tertiary/aromatic N) is 2. The maximum atomic E-state index is 12.7. The van der Waals surface area contributed by atoms with E-state index in [1.807, 2.05) is 0 Å². The first kappa shape index (κ1) is 23.2. The van der Waals surface area contributed by atoms with E-state index in [-0.39, 0.29) is 23.6 Å². The number of carbonyl (C=O) groups excluding carboxylic acids is 3. The normalized spacial score (nSPS) is 16.1. The van der Waals surface area contributed by atoms with Crippen LogP contribution in [0.15, 0.2) is 29.4 Å². The van der Waals surface area contributed by atoms with Gasteiger partial charge in [-0.1, -0.05) is 17.3 Å². The first-order valence-electron chi connectivity index (χ1n) is 10.2. The number of piperidine rings is 1. The van der Waals surface area contributed by atoms with Crippen LogP contribution in [-0.4, -0.2) is 59.5 Å². The van der Waals surface area contributed by atoms with Gasteiger partial charge in [-0.3, -0.25) is 14.4 Å². The second kappa shape index (κ2) is 11.2. The van der Waals surface area contributed by atoms with E-state index in [1.54, 1.807) is 43.0 Å². The number of benzene rings is 1. The van der Waals surface area contributed by atoms with Gasteiger partial charge in [0.15, 0.2) is 5.84 Å². The Kier molecular flexibility index (Phi) is 8.64. The summed E-state index contributed by atoms with van der Waals surface area (Å²) in [7, 11) is 0. The molecule has 0 radical (unpaired) electrons. The molecule has 0 aliphatic carbocycles. The molecule has 1 aromatic rings. The first-order chi connectivity index (χ1) is 14.3. The fourth-order valence-electron chi connectivity index (χ4n) is 3.46. The molecule has 1 heterocycles. The van der Waals surface area contributed by atoms with Crippen molar-refractivity contribution >= 4 is 23.6 Å². The Labute approximate surface area is 176 Å². The van der Waals surface area contributed by atoms with Crippen molar-refractivity contribution < 1.29 is 24.3 Å². The summed E-state index contributed by atoms with van der Waals surface area (Å²) in [6, 6.07) is 5.58. The Morgan fingerprint density at radius 3 is 2.40 bits per heavy atom. The lowest BCUT2D eigenvalue weighted by Gasteiger charge is -2.33. The maximum absolute atomic E-state index is 12.7. The minimum atomic E-state index is -0.655. The summed E-state index contributed by atoms with van der Waals surface area (Å²) >= 11 is 0. The monoisotopic (exact) mass is 418 g/mol. The van der Waals surface area contributed by atoms with Crippen LogP contribution >= 0.6 is 0 Å². The van der Waals surface area contributed by atoms with Gasteiger partial charge in [-0.15, -0.1) is 0 Å². The molecule has 0 unspecified atom stereocenters. The summed E-state index contributed by atoms with van der Waals surface area (Å²) in [6.45, 7) is 5.07. The Bertz CT molecular complexity index is 770. The molecule has 0 saturated carbocycles. The lowest BCUT2D eigenvalue weighted by Crippen LogP contribution is -2.49. The predicted molar refractivity (Wildman–Crippen MR) is 111 cm³/mol. The van der Waals surface area contributed by atoms with Crippen molar-refractivity contribution in [1.82, 2.24) is 10.2 Å². The van der Waals surface area contributed by atoms with Crippen LogP contribution in [-0.2, 0) is 14.3 Å². The highest BCUT2D eigenvalue weighted by molar-refractivity contribution is 6.00. The third-order valence-corrected chi connectivity index (χ3v) is 5.26. The third kappa shape index (κ3) is 6.47. The number of nitrogens with two attached hydrogens (primary N) is 1. The zero-order valence-corrected chi connectivity index (χ0v) is 17.5. The maximum Gasteiger partial charge on any atom is 0.305 e. The summed E-state index contributed by atoms with van der Waals surface area (Å²) < 4.78 is 4.95. The molecule has 9 nitrogen and oxygen atoms in total. The Morgan fingerprint density at radius 2 is 1.83 bits per heavy atom. The zero-order chi connectivity index (χ0) is 22.1. The highest BCUT2D eigenvalue weighted by Crippen LogP contribution is 2.22. The molecule has 0 aromatic heterocycles. The smallest absolute Gasteiger partial charge is 0.305 e. The second-order valence-corrected chi connectivity index (χ2v) is 7.37. The van der Waals surface area contributed by atoms with Gasteiger partial charge in [0.25, 0.3) is 5.91 Å². The van der Waals surface area contributed by atoms with Crippen molar-refractivity contribution in [3.8, 4) is 0 Å². The van der Waals surface area contributed by atoms with Crippen molar-refractivity contribution in [2.24, 2.45) is 16.8 Å². The van der Waals surface area contributed by atoms with Crippen LogP contribution in [0.4, 0.5) is 0 Å². The van der Waals surface area contributed by atoms with Gasteiger partial charge < -0.3 is 25.9 Å². The number of likely N-dealkylation sites (tertiary alicyclic amines) is 1. The fraction of sp³-hybridized carbons (Fsp3) is 0.524. The fourth-order valence-corrected chi connectivity index (χ4v) is 3.46. The predicted octanol–water partition coefficient (Wildman–Crippen LogP) is 1.48. The van der Waals surface area contributed by atoms with Crippen LogP contribution in [0.1, 0.15) is 55.5 Å². The summed E-state index contributed by atoms with van der Waals surface area (Å²) in [4.78, 5) is 38.3. The van der Waals surface area contributed by atoms with E-state index in [9.17, 15) is 14.4 Å². The van der Waals surface area contributed by atoms with Crippen LogP contribution in [0, 0.1) is 5.92 Å². The Balaban J connectivity index is 1.80. The summed E-state index contributed by atoms with van der Waals surface area (Å²) in [5.41, 5.74) is 6.37. The number of hydrogen-bond acceptors (Lipinski definition) is 6. The van der Waals surface area contributed by atoms with Crippen molar-refractivity contribution in [1.29, 1.82) is 0 Å². The van der Waals surface area contributed by atoms with Crippen LogP contribution in [0.25, 0.3) is 0 Å². The highest BCUT2D eigenvalue weighted by Gasteiger charge is 2.27. The minimum absolute atomic E-state index is 0.0452. The molecule has 4 N–H and O–H groups in total. The van der Waals surface area contributed by atoms with Gasteiger partial charge in [-0.2, -0.15) is 0 Å². The lowest BCUT2D eigenvalue weighted by atomic mass is 9.92. The standard InChI is InChI=1S/C21H30N4O5/c1-3-30-18(26)9-4-15-10-12-25(13-11-15)21(28)14(2)23-20(27)17-7-5-16(6-8-17)19(22)24-29/h5-8,14-15,29H,3-4,9-13H2,1-2H3,(H2,22,24)(H,23,27)/t14-/m0/s1. The Hall–Kier alpha value is -3.10. The third-order valence-electron chi connectivity index (χ3n) is 5.26. The number of nitrogens with one attached hydrogen (secondary N) is 1. The molecule has 30 heavy (non-hydrogen) atoms. The van der Waals surface area contributed by atoms with Crippen LogP contribution < -0.4 is 11.1 Å². The molecular formula is C21H30N4O5. The van der Waals surface area contributed by atoms with Gasteiger partial charge in [0.2, 0.25) is 5.91 Å². The van der Waals surface area contributed by atoms with E-state index in [0.29, 0.717) is 43.2 Å². The number of amidine groups is 1. The van der Waals surface area contributed by atoms with Gasteiger partial charge in [0.1, 0.15) is 6.04 Å². The molecule has 1 aromatic carbocycles. The molecule has 9 heteroatoms. The lowest BCUT2D eigenvalue weighted by molar-refractivity contribution is -0.143.